The Bertz CT molecular complexity index is 1560. The summed E-state index contributed by atoms with van der Waals surface area (Å²) < 4.78 is 3.11. The molecule has 8 nitrogen and oxygen atoms in total. The molecule has 212 valence electrons. The lowest BCUT2D eigenvalue weighted by molar-refractivity contribution is -0.0869. The third-order valence-corrected chi connectivity index (χ3v) is 10.8. The van der Waals surface area contributed by atoms with Crippen molar-refractivity contribution in [3.8, 4) is 5.82 Å². The number of hydrogen-bond acceptors (Lipinski definition) is 5. The van der Waals surface area contributed by atoms with E-state index in [1.165, 1.54) is 68.2 Å². The van der Waals surface area contributed by atoms with Crippen LogP contribution in [0.25, 0.3) is 16.9 Å². The monoisotopic (exact) mass is 543 g/mol. The Balaban J connectivity index is 1.31. The molecule has 2 saturated carbocycles. The number of aromatic amines is 1. The summed E-state index contributed by atoms with van der Waals surface area (Å²) in [5, 5.41) is 0. The van der Waals surface area contributed by atoms with Gasteiger partial charge in [-0.3, -0.25) is 19.5 Å². The SMILES string of the molecule is CC1C[C@@H](C)C2C[C@H](n3c(=O)c(-n4ccc(=O)[nH]c4=O)nc4ccccc43)CC1N2[C@@H]1C[C@@H]2CCCC[C@@H](C2)C1. The molecule has 8 heteroatoms. The zero-order valence-corrected chi connectivity index (χ0v) is 23.7. The van der Waals surface area contributed by atoms with Crippen LogP contribution in [0.1, 0.15) is 84.1 Å². The van der Waals surface area contributed by atoms with Crippen LogP contribution < -0.4 is 16.8 Å². The summed E-state index contributed by atoms with van der Waals surface area (Å²) in [7, 11) is 0. The molecule has 4 bridgehead atoms. The summed E-state index contributed by atoms with van der Waals surface area (Å²) in [6.45, 7) is 4.84. The molecule has 3 aromatic rings. The van der Waals surface area contributed by atoms with Crippen molar-refractivity contribution >= 4 is 11.0 Å². The van der Waals surface area contributed by atoms with E-state index in [1.807, 2.05) is 28.8 Å². The van der Waals surface area contributed by atoms with Crippen molar-refractivity contribution in [2.24, 2.45) is 23.7 Å². The van der Waals surface area contributed by atoms with Crippen molar-refractivity contribution in [3.63, 3.8) is 0 Å². The van der Waals surface area contributed by atoms with Gasteiger partial charge in [-0.2, -0.15) is 0 Å². The van der Waals surface area contributed by atoms with Gasteiger partial charge in [0.15, 0.2) is 0 Å². The smallest absolute Gasteiger partial charge is 0.300 e. The van der Waals surface area contributed by atoms with E-state index in [-0.39, 0.29) is 17.4 Å². The number of hydrogen-bond donors (Lipinski definition) is 1. The molecule has 3 unspecified atom stereocenters. The van der Waals surface area contributed by atoms with E-state index >= 15 is 0 Å². The molecule has 2 aromatic heterocycles. The van der Waals surface area contributed by atoms with Crippen LogP contribution in [0.4, 0.5) is 0 Å². The van der Waals surface area contributed by atoms with Gasteiger partial charge in [-0.1, -0.05) is 51.7 Å². The molecule has 0 amide bonds. The highest BCUT2D eigenvalue weighted by Gasteiger charge is 2.49. The quantitative estimate of drug-likeness (QED) is 0.519. The Kier molecular flexibility index (Phi) is 6.56. The molecule has 0 radical (unpaired) electrons. The minimum atomic E-state index is -0.647. The normalized spacial score (nSPS) is 34.5. The third kappa shape index (κ3) is 4.39. The fraction of sp³-hybridized carbons (Fsp3) is 0.625. The Morgan fingerprint density at radius 2 is 1.48 bits per heavy atom. The second kappa shape index (κ2) is 10.1. The van der Waals surface area contributed by atoms with Crippen LogP contribution in [0.3, 0.4) is 0 Å². The predicted octanol–water partition coefficient (Wildman–Crippen LogP) is 4.64. The second-order valence-electron chi connectivity index (χ2n) is 13.4. The molecule has 0 spiro atoms. The first-order valence-corrected chi connectivity index (χ1v) is 15.5. The molecular weight excluding hydrogens is 502 g/mol. The minimum absolute atomic E-state index is 0.0277. The Morgan fingerprint density at radius 3 is 2.15 bits per heavy atom. The number of nitrogens with one attached hydrogen (secondary N) is 1. The first kappa shape index (κ1) is 25.9. The number of H-pyrrole nitrogens is 1. The summed E-state index contributed by atoms with van der Waals surface area (Å²) in [6.07, 6.45) is 14.2. The van der Waals surface area contributed by atoms with Gasteiger partial charge in [0.05, 0.1) is 11.0 Å². The van der Waals surface area contributed by atoms with Gasteiger partial charge in [-0.05, 0) is 74.3 Å². The Labute approximate surface area is 234 Å². The number of piperidine rings is 2. The summed E-state index contributed by atoms with van der Waals surface area (Å²) in [5.41, 5.74) is 0.0857. The molecule has 7 rings (SSSR count). The highest BCUT2D eigenvalue weighted by molar-refractivity contribution is 5.75. The first-order chi connectivity index (χ1) is 19.4. The molecule has 2 aliphatic carbocycles. The highest BCUT2D eigenvalue weighted by Crippen LogP contribution is 2.49. The topological polar surface area (TPSA) is 93.0 Å². The zero-order valence-electron chi connectivity index (χ0n) is 23.7. The molecule has 1 N–H and O–H groups in total. The van der Waals surface area contributed by atoms with E-state index in [0.717, 1.165) is 30.2 Å². The van der Waals surface area contributed by atoms with Gasteiger partial charge < -0.3 is 4.57 Å². The fourth-order valence-electron chi connectivity index (χ4n) is 9.20. The molecule has 40 heavy (non-hydrogen) atoms. The van der Waals surface area contributed by atoms with Crippen molar-refractivity contribution in [2.45, 2.75) is 102 Å². The predicted molar refractivity (Wildman–Crippen MR) is 156 cm³/mol. The largest absolute Gasteiger partial charge is 0.334 e. The van der Waals surface area contributed by atoms with Gasteiger partial charge in [0.2, 0.25) is 5.82 Å². The summed E-state index contributed by atoms with van der Waals surface area (Å²) in [4.78, 5) is 48.5. The molecule has 4 aliphatic rings. The van der Waals surface area contributed by atoms with Gasteiger partial charge in [-0.25, -0.2) is 14.3 Å². The summed E-state index contributed by atoms with van der Waals surface area (Å²) >= 11 is 0. The standard InChI is InChI=1S/C32H41N5O3/c1-19-13-20(2)28-18-24(17-27(19)36(28)23-15-21-7-3-4-8-22(14-21)16-23)37-26-10-6-5-9-25(26)33-30(31(37)39)35-12-11-29(38)34-32(35)40/h5-6,9-12,19-24,27-28H,3-4,7-8,13-18H2,1-2H3,(H,34,38,40)/t19-,20?,21-,22+,23-,24+,27?,28?/m1/s1. The maximum absolute atomic E-state index is 14.2. The van der Waals surface area contributed by atoms with Gasteiger partial charge in [0.1, 0.15) is 0 Å². The number of para-hydroxylation sites is 2. The lowest BCUT2D eigenvalue weighted by Crippen LogP contribution is -2.63. The van der Waals surface area contributed by atoms with Crippen LogP contribution in [0.5, 0.6) is 0 Å². The Hall–Kier alpha value is -3.00. The summed E-state index contributed by atoms with van der Waals surface area (Å²) in [5.74, 6) is 2.94. The number of aromatic nitrogens is 4. The lowest BCUT2D eigenvalue weighted by Gasteiger charge is -2.58. The van der Waals surface area contributed by atoms with Crippen molar-refractivity contribution in [1.82, 2.24) is 24.0 Å². The van der Waals surface area contributed by atoms with Crippen molar-refractivity contribution < 1.29 is 0 Å². The molecule has 4 fully saturated rings. The van der Waals surface area contributed by atoms with E-state index in [1.54, 1.807) is 0 Å². The Morgan fingerprint density at radius 1 is 0.800 bits per heavy atom. The van der Waals surface area contributed by atoms with Crippen LogP contribution in [-0.2, 0) is 0 Å². The molecule has 8 atom stereocenters. The zero-order chi connectivity index (χ0) is 27.5. The van der Waals surface area contributed by atoms with Gasteiger partial charge in [0, 0.05) is 36.4 Å². The maximum atomic E-state index is 14.2. The third-order valence-electron chi connectivity index (χ3n) is 10.8. The second-order valence-corrected chi connectivity index (χ2v) is 13.4. The fourth-order valence-corrected chi connectivity index (χ4v) is 9.20. The van der Waals surface area contributed by atoms with Crippen molar-refractivity contribution in [1.29, 1.82) is 0 Å². The number of benzene rings is 1. The van der Waals surface area contributed by atoms with E-state index in [0.29, 0.717) is 35.5 Å². The van der Waals surface area contributed by atoms with E-state index in [9.17, 15) is 14.4 Å². The van der Waals surface area contributed by atoms with Crippen LogP contribution in [0, 0.1) is 23.7 Å². The van der Waals surface area contributed by atoms with Gasteiger partial charge >= 0.3 is 5.69 Å². The number of nitrogens with zero attached hydrogens (tertiary/aromatic N) is 4. The van der Waals surface area contributed by atoms with Crippen molar-refractivity contribution in [3.05, 3.63) is 67.7 Å². The van der Waals surface area contributed by atoms with Crippen LogP contribution >= 0.6 is 0 Å². The van der Waals surface area contributed by atoms with Crippen LogP contribution in [0.2, 0.25) is 0 Å². The molecule has 2 aliphatic heterocycles. The average Bonchev–Trinajstić information content (AvgIpc) is 3.10. The first-order valence-electron chi connectivity index (χ1n) is 15.5. The molecule has 2 saturated heterocycles. The molecule has 1 aromatic carbocycles. The van der Waals surface area contributed by atoms with Gasteiger partial charge in [0.25, 0.3) is 11.1 Å². The highest BCUT2D eigenvalue weighted by atomic mass is 16.2. The van der Waals surface area contributed by atoms with E-state index in [2.05, 4.69) is 28.7 Å². The van der Waals surface area contributed by atoms with E-state index in [4.69, 9.17) is 0 Å². The molecule has 4 heterocycles. The number of rotatable bonds is 3. The van der Waals surface area contributed by atoms with Crippen LogP contribution in [0.15, 0.2) is 50.9 Å². The average molecular weight is 544 g/mol. The maximum Gasteiger partial charge on any atom is 0.334 e. The van der Waals surface area contributed by atoms with E-state index < -0.39 is 11.2 Å². The van der Waals surface area contributed by atoms with Crippen LogP contribution in [-0.4, -0.2) is 42.1 Å². The molecular formula is C32H41N5O3. The van der Waals surface area contributed by atoms with Crippen molar-refractivity contribution in [2.75, 3.05) is 0 Å². The lowest BCUT2D eigenvalue weighted by atomic mass is 9.68. The van der Waals surface area contributed by atoms with Gasteiger partial charge in [-0.15, -0.1) is 0 Å². The summed E-state index contributed by atoms with van der Waals surface area (Å²) in [6, 6.07) is 10.6. The number of fused-ring (bicyclic) bond motifs is 5. The minimum Gasteiger partial charge on any atom is -0.300 e.